The predicted octanol–water partition coefficient (Wildman–Crippen LogP) is 2.22. The Morgan fingerprint density at radius 3 is 3.00 bits per heavy atom. The minimum Gasteiger partial charge on any atom is -0.390 e. The number of carbonyl (C=O) groups excluding carboxylic acids is 1. The molecule has 0 saturated carbocycles. The number of aliphatic hydroxyl groups excluding tert-OH is 1. The SMILES string of the molecule is CC(=O)Nc1cccc(-c2nn3c(CO)c(C)nc3s2)c1. The van der Waals surface area contributed by atoms with Crippen LogP contribution in [0, 0.1) is 6.92 Å². The molecule has 2 heterocycles. The van der Waals surface area contributed by atoms with Gasteiger partial charge in [-0.1, -0.05) is 23.5 Å². The number of benzene rings is 1. The first-order valence-corrected chi connectivity index (χ1v) is 7.24. The van der Waals surface area contributed by atoms with Crippen molar-refractivity contribution in [2.75, 3.05) is 5.32 Å². The van der Waals surface area contributed by atoms with Crippen molar-refractivity contribution in [3.8, 4) is 10.6 Å². The third-order valence-corrected chi connectivity index (χ3v) is 4.03. The van der Waals surface area contributed by atoms with Crippen LogP contribution in [0.25, 0.3) is 15.5 Å². The Kier molecular flexibility index (Phi) is 3.44. The van der Waals surface area contributed by atoms with Crippen LogP contribution in [0.5, 0.6) is 0 Å². The highest BCUT2D eigenvalue weighted by atomic mass is 32.1. The van der Waals surface area contributed by atoms with Crippen LogP contribution in [0.3, 0.4) is 0 Å². The molecule has 0 aliphatic heterocycles. The quantitative estimate of drug-likeness (QED) is 0.777. The van der Waals surface area contributed by atoms with Crippen LogP contribution in [-0.4, -0.2) is 25.6 Å². The number of nitrogens with zero attached hydrogens (tertiary/aromatic N) is 3. The maximum atomic E-state index is 11.1. The van der Waals surface area contributed by atoms with Crippen LogP contribution in [-0.2, 0) is 11.4 Å². The minimum absolute atomic E-state index is 0.0951. The summed E-state index contributed by atoms with van der Waals surface area (Å²) in [5.74, 6) is -0.112. The summed E-state index contributed by atoms with van der Waals surface area (Å²) in [6.07, 6.45) is 0. The number of rotatable bonds is 3. The molecule has 0 radical (unpaired) electrons. The summed E-state index contributed by atoms with van der Waals surface area (Å²) in [7, 11) is 0. The maximum absolute atomic E-state index is 11.1. The number of aryl methyl sites for hydroxylation is 1. The summed E-state index contributed by atoms with van der Waals surface area (Å²) in [5.41, 5.74) is 3.12. The van der Waals surface area contributed by atoms with Crippen molar-refractivity contribution < 1.29 is 9.90 Å². The zero-order chi connectivity index (χ0) is 15.0. The van der Waals surface area contributed by atoms with Gasteiger partial charge in [0.2, 0.25) is 10.9 Å². The normalized spacial score (nSPS) is 11.0. The van der Waals surface area contributed by atoms with Gasteiger partial charge in [0.15, 0.2) is 0 Å². The van der Waals surface area contributed by atoms with Crippen molar-refractivity contribution in [3.63, 3.8) is 0 Å². The van der Waals surface area contributed by atoms with Gasteiger partial charge in [-0.05, 0) is 19.1 Å². The zero-order valence-corrected chi connectivity index (χ0v) is 12.4. The average molecular weight is 302 g/mol. The molecule has 6 nitrogen and oxygen atoms in total. The highest BCUT2D eigenvalue weighted by Gasteiger charge is 2.14. The van der Waals surface area contributed by atoms with Gasteiger partial charge in [-0.3, -0.25) is 4.79 Å². The van der Waals surface area contributed by atoms with E-state index < -0.39 is 0 Å². The lowest BCUT2D eigenvalue weighted by Gasteiger charge is -2.03. The molecule has 2 aromatic heterocycles. The van der Waals surface area contributed by atoms with Gasteiger partial charge in [-0.2, -0.15) is 5.10 Å². The van der Waals surface area contributed by atoms with Crippen LogP contribution in [0.15, 0.2) is 24.3 Å². The fourth-order valence-corrected chi connectivity index (χ4v) is 3.08. The second kappa shape index (κ2) is 5.27. The van der Waals surface area contributed by atoms with Gasteiger partial charge in [0, 0.05) is 18.2 Å². The molecule has 21 heavy (non-hydrogen) atoms. The second-order valence-electron chi connectivity index (χ2n) is 4.67. The number of carbonyl (C=O) groups is 1. The number of amides is 1. The molecule has 0 fully saturated rings. The van der Waals surface area contributed by atoms with E-state index in [1.807, 2.05) is 31.2 Å². The molecule has 0 bridgehead atoms. The molecule has 0 unspecified atom stereocenters. The fraction of sp³-hybridized carbons (Fsp3) is 0.214. The smallest absolute Gasteiger partial charge is 0.221 e. The number of nitrogens with one attached hydrogen (secondary N) is 1. The van der Waals surface area contributed by atoms with Gasteiger partial charge < -0.3 is 10.4 Å². The summed E-state index contributed by atoms with van der Waals surface area (Å²) in [6.45, 7) is 3.23. The van der Waals surface area contributed by atoms with Crippen LogP contribution in [0.1, 0.15) is 18.3 Å². The first-order valence-electron chi connectivity index (χ1n) is 6.42. The number of hydrogen-bond acceptors (Lipinski definition) is 5. The number of anilines is 1. The summed E-state index contributed by atoms with van der Waals surface area (Å²) >= 11 is 1.45. The molecule has 108 valence electrons. The van der Waals surface area contributed by atoms with E-state index in [1.165, 1.54) is 18.3 Å². The lowest BCUT2D eigenvalue weighted by Crippen LogP contribution is -2.05. The number of aromatic nitrogens is 3. The van der Waals surface area contributed by atoms with Crippen LogP contribution in [0.2, 0.25) is 0 Å². The molecule has 0 spiro atoms. The maximum Gasteiger partial charge on any atom is 0.221 e. The van der Waals surface area contributed by atoms with E-state index in [9.17, 15) is 9.90 Å². The Bertz CT molecular complexity index is 822. The minimum atomic E-state index is -0.112. The lowest BCUT2D eigenvalue weighted by molar-refractivity contribution is -0.114. The van der Waals surface area contributed by atoms with Gasteiger partial charge in [-0.15, -0.1) is 0 Å². The van der Waals surface area contributed by atoms with Gasteiger partial charge in [0.05, 0.1) is 18.0 Å². The van der Waals surface area contributed by atoms with E-state index in [1.54, 1.807) is 4.52 Å². The standard InChI is InChI=1S/C14H14N4O2S/c1-8-12(7-19)18-14(15-8)21-13(17-18)10-4-3-5-11(6-10)16-9(2)20/h3-6,19H,7H2,1-2H3,(H,16,20). The van der Waals surface area contributed by atoms with E-state index >= 15 is 0 Å². The highest BCUT2D eigenvalue weighted by Crippen LogP contribution is 2.28. The molecule has 0 aliphatic carbocycles. The Morgan fingerprint density at radius 1 is 1.48 bits per heavy atom. The largest absolute Gasteiger partial charge is 0.390 e. The van der Waals surface area contributed by atoms with E-state index in [-0.39, 0.29) is 12.5 Å². The molecule has 0 atom stereocenters. The van der Waals surface area contributed by atoms with E-state index in [4.69, 9.17) is 0 Å². The van der Waals surface area contributed by atoms with Crippen molar-refractivity contribution >= 4 is 27.9 Å². The summed E-state index contributed by atoms with van der Waals surface area (Å²) in [6, 6.07) is 7.48. The Labute approximate surface area is 125 Å². The molecule has 3 aromatic rings. The number of hydrogen-bond donors (Lipinski definition) is 2. The molecule has 1 amide bonds. The van der Waals surface area contributed by atoms with E-state index in [0.717, 1.165) is 26.9 Å². The Morgan fingerprint density at radius 2 is 2.29 bits per heavy atom. The Balaban J connectivity index is 2.04. The van der Waals surface area contributed by atoms with Crippen LogP contribution >= 0.6 is 11.3 Å². The fourth-order valence-electron chi connectivity index (χ4n) is 2.12. The number of imidazole rings is 1. The van der Waals surface area contributed by atoms with Crippen LogP contribution in [0.4, 0.5) is 5.69 Å². The third kappa shape index (κ3) is 2.53. The third-order valence-electron chi connectivity index (χ3n) is 3.08. The lowest BCUT2D eigenvalue weighted by atomic mass is 10.2. The number of aliphatic hydroxyl groups is 1. The van der Waals surface area contributed by atoms with Crippen molar-refractivity contribution in [1.29, 1.82) is 0 Å². The summed E-state index contributed by atoms with van der Waals surface area (Å²) in [5, 5.41) is 17.4. The molecule has 7 heteroatoms. The van der Waals surface area contributed by atoms with E-state index in [2.05, 4.69) is 15.4 Å². The summed E-state index contributed by atoms with van der Waals surface area (Å²) in [4.78, 5) is 16.3. The van der Waals surface area contributed by atoms with E-state index in [0.29, 0.717) is 5.69 Å². The van der Waals surface area contributed by atoms with Gasteiger partial charge in [-0.25, -0.2) is 9.50 Å². The first kappa shape index (κ1) is 13.7. The molecular weight excluding hydrogens is 288 g/mol. The van der Waals surface area contributed by atoms with Crippen molar-refractivity contribution in [2.45, 2.75) is 20.5 Å². The molecule has 3 rings (SSSR count). The zero-order valence-electron chi connectivity index (χ0n) is 11.6. The van der Waals surface area contributed by atoms with Crippen molar-refractivity contribution in [1.82, 2.24) is 14.6 Å². The van der Waals surface area contributed by atoms with Crippen LogP contribution < -0.4 is 5.32 Å². The van der Waals surface area contributed by atoms with Gasteiger partial charge >= 0.3 is 0 Å². The summed E-state index contributed by atoms with van der Waals surface area (Å²) < 4.78 is 1.67. The van der Waals surface area contributed by atoms with Crippen molar-refractivity contribution in [2.24, 2.45) is 0 Å². The molecular formula is C14H14N4O2S. The monoisotopic (exact) mass is 302 g/mol. The van der Waals surface area contributed by atoms with Gasteiger partial charge in [0.25, 0.3) is 0 Å². The Hall–Kier alpha value is -2.25. The molecule has 2 N–H and O–H groups in total. The highest BCUT2D eigenvalue weighted by molar-refractivity contribution is 7.19. The van der Waals surface area contributed by atoms with Gasteiger partial charge in [0.1, 0.15) is 5.01 Å². The predicted molar refractivity (Wildman–Crippen MR) is 81.3 cm³/mol. The molecule has 0 saturated heterocycles. The topological polar surface area (TPSA) is 79.5 Å². The number of fused-ring (bicyclic) bond motifs is 1. The molecule has 1 aromatic carbocycles. The first-order chi connectivity index (χ1) is 10.1. The van der Waals surface area contributed by atoms with Crippen molar-refractivity contribution in [3.05, 3.63) is 35.7 Å². The second-order valence-corrected chi connectivity index (χ2v) is 5.62. The average Bonchev–Trinajstić information content (AvgIpc) is 2.94. The molecule has 0 aliphatic rings.